The Hall–Kier alpha value is -2.80. The van der Waals surface area contributed by atoms with Crippen molar-refractivity contribution in [1.82, 2.24) is 9.55 Å². The van der Waals surface area contributed by atoms with Crippen molar-refractivity contribution < 1.29 is 23.8 Å². The molecule has 28 heavy (non-hydrogen) atoms. The summed E-state index contributed by atoms with van der Waals surface area (Å²) in [7, 11) is 1.70. The summed E-state index contributed by atoms with van der Waals surface area (Å²) in [5, 5.41) is 8.67. The van der Waals surface area contributed by atoms with Gasteiger partial charge in [-0.05, 0) is 43.9 Å². The molecule has 0 saturated heterocycles. The first-order valence-electron chi connectivity index (χ1n) is 9.55. The van der Waals surface area contributed by atoms with Crippen molar-refractivity contribution in [3.8, 4) is 17.1 Å². The van der Waals surface area contributed by atoms with E-state index in [0.717, 1.165) is 54.0 Å². The number of carbonyl (C=O) groups is 1. The molecule has 0 fully saturated rings. The van der Waals surface area contributed by atoms with E-state index >= 15 is 0 Å². The number of furan rings is 1. The number of aromatic nitrogens is 2. The fourth-order valence-electron chi connectivity index (χ4n) is 3.14. The first kappa shape index (κ1) is 19.9. The lowest BCUT2D eigenvalue weighted by atomic mass is 10.2. The first-order chi connectivity index (χ1) is 13.7. The number of unbranched alkanes of at least 4 members (excludes halogenated alkanes) is 2. The average molecular weight is 386 g/mol. The summed E-state index contributed by atoms with van der Waals surface area (Å²) >= 11 is 0. The highest BCUT2D eigenvalue weighted by molar-refractivity contribution is 5.81. The van der Waals surface area contributed by atoms with E-state index in [2.05, 4.69) is 4.57 Å². The molecule has 0 amide bonds. The number of methoxy groups -OCH3 is 1. The summed E-state index contributed by atoms with van der Waals surface area (Å²) in [5.41, 5.74) is 2.85. The molecule has 3 rings (SSSR count). The van der Waals surface area contributed by atoms with E-state index in [1.54, 1.807) is 19.6 Å². The third-order valence-corrected chi connectivity index (χ3v) is 4.53. The number of carboxylic acid groups (broad SMARTS) is 1. The van der Waals surface area contributed by atoms with Crippen LogP contribution in [0.4, 0.5) is 0 Å². The van der Waals surface area contributed by atoms with Crippen LogP contribution < -0.4 is 4.74 Å². The second-order valence-corrected chi connectivity index (χ2v) is 6.65. The molecule has 0 aliphatic rings. The number of aryl methyl sites for hydroxylation is 1. The molecule has 0 saturated carbocycles. The Balaban J connectivity index is 1.72. The number of rotatable bonds is 12. The van der Waals surface area contributed by atoms with E-state index in [4.69, 9.17) is 24.0 Å². The molecule has 0 aliphatic heterocycles. The van der Waals surface area contributed by atoms with Crippen LogP contribution >= 0.6 is 0 Å². The van der Waals surface area contributed by atoms with Gasteiger partial charge < -0.3 is 23.6 Å². The Morgan fingerprint density at radius 3 is 2.82 bits per heavy atom. The number of aliphatic carboxylic acids is 1. The van der Waals surface area contributed by atoms with E-state index in [0.29, 0.717) is 19.6 Å². The highest BCUT2D eigenvalue weighted by Crippen LogP contribution is 2.28. The summed E-state index contributed by atoms with van der Waals surface area (Å²) in [4.78, 5) is 15.3. The standard InChI is InChI=1S/C21H26N2O5/c1-26-11-5-10-23-19-14-17(28-12-4-2-3-6-20(24)25)7-8-18(19)22-21(23)16-9-13-27-15-16/h7-9,13-15H,2-6,10-12H2,1H3,(H,24,25). The van der Waals surface area contributed by atoms with Crippen molar-refractivity contribution in [3.63, 3.8) is 0 Å². The Labute approximate surface area is 163 Å². The maximum absolute atomic E-state index is 10.5. The largest absolute Gasteiger partial charge is 0.494 e. The lowest BCUT2D eigenvalue weighted by molar-refractivity contribution is -0.137. The van der Waals surface area contributed by atoms with Crippen LogP contribution in [-0.4, -0.2) is 41.0 Å². The third kappa shape index (κ3) is 5.13. The van der Waals surface area contributed by atoms with Gasteiger partial charge in [0, 0.05) is 32.7 Å². The highest BCUT2D eigenvalue weighted by atomic mass is 16.5. The topological polar surface area (TPSA) is 86.7 Å². The average Bonchev–Trinajstić information content (AvgIpc) is 3.32. The van der Waals surface area contributed by atoms with Gasteiger partial charge >= 0.3 is 5.97 Å². The smallest absolute Gasteiger partial charge is 0.303 e. The molecule has 1 N–H and O–H groups in total. The van der Waals surface area contributed by atoms with Crippen molar-refractivity contribution in [2.45, 2.75) is 38.6 Å². The van der Waals surface area contributed by atoms with Gasteiger partial charge in [-0.25, -0.2) is 4.98 Å². The molecule has 7 nitrogen and oxygen atoms in total. The van der Waals surface area contributed by atoms with Gasteiger partial charge in [0.25, 0.3) is 0 Å². The molecule has 0 radical (unpaired) electrons. The Morgan fingerprint density at radius 1 is 1.18 bits per heavy atom. The minimum Gasteiger partial charge on any atom is -0.494 e. The van der Waals surface area contributed by atoms with Crippen LogP contribution in [-0.2, 0) is 16.1 Å². The lowest BCUT2D eigenvalue weighted by Gasteiger charge is -2.09. The van der Waals surface area contributed by atoms with Crippen molar-refractivity contribution in [3.05, 3.63) is 36.8 Å². The summed E-state index contributed by atoms with van der Waals surface area (Å²) in [6.45, 7) is 2.03. The molecule has 2 heterocycles. The number of imidazole rings is 1. The number of hydrogen-bond donors (Lipinski definition) is 1. The van der Waals surface area contributed by atoms with Crippen molar-refractivity contribution >= 4 is 17.0 Å². The minimum absolute atomic E-state index is 0.212. The van der Waals surface area contributed by atoms with Gasteiger partial charge in [0.15, 0.2) is 0 Å². The van der Waals surface area contributed by atoms with E-state index < -0.39 is 5.97 Å². The molecule has 0 spiro atoms. The molecule has 0 aliphatic carbocycles. The molecule has 1 aromatic carbocycles. The summed E-state index contributed by atoms with van der Waals surface area (Å²) in [6.07, 6.45) is 6.78. The predicted octanol–water partition coefficient (Wildman–Crippen LogP) is 4.36. The summed E-state index contributed by atoms with van der Waals surface area (Å²) < 4.78 is 18.5. The SMILES string of the molecule is COCCCn1c(-c2ccoc2)nc2ccc(OCCCCCC(=O)O)cc21. The third-order valence-electron chi connectivity index (χ3n) is 4.53. The zero-order valence-corrected chi connectivity index (χ0v) is 16.1. The Morgan fingerprint density at radius 2 is 2.07 bits per heavy atom. The monoisotopic (exact) mass is 386 g/mol. The van der Waals surface area contributed by atoms with Crippen LogP contribution in [0.15, 0.2) is 41.2 Å². The molecule has 0 unspecified atom stereocenters. The molecule has 150 valence electrons. The number of hydrogen-bond acceptors (Lipinski definition) is 5. The second-order valence-electron chi connectivity index (χ2n) is 6.65. The fraction of sp³-hybridized carbons (Fsp3) is 0.429. The van der Waals surface area contributed by atoms with Gasteiger partial charge in [-0.15, -0.1) is 0 Å². The molecule has 3 aromatic rings. The molecule has 7 heteroatoms. The molecule has 2 aromatic heterocycles. The van der Waals surface area contributed by atoms with Gasteiger partial charge in [0.1, 0.15) is 17.8 Å². The van der Waals surface area contributed by atoms with Crippen LogP contribution in [0, 0.1) is 0 Å². The van der Waals surface area contributed by atoms with E-state index in [1.165, 1.54) is 0 Å². The zero-order chi connectivity index (χ0) is 19.8. The summed E-state index contributed by atoms with van der Waals surface area (Å²) in [5.74, 6) is 0.907. The van der Waals surface area contributed by atoms with Gasteiger partial charge in [-0.2, -0.15) is 0 Å². The molecule has 0 bridgehead atoms. The quantitative estimate of drug-likeness (QED) is 0.466. The predicted molar refractivity (Wildman–Crippen MR) is 106 cm³/mol. The maximum atomic E-state index is 10.5. The van der Waals surface area contributed by atoms with Crippen LogP contribution in [0.5, 0.6) is 5.75 Å². The Kier molecular flexibility index (Phi) is 7.08. The number of benzene rings is 1. The maximum Gasteiger partial charge on any atom is 0.303 e. The number of fused-ring (bicyclic) bond motifs is 1. The second kappa shape index (κ2) is 9.94. The van der Waals surface area contributed by atoms with E-state index in [-0.39, 0.29) is 6.42 Å². The van der Waals surface area contributed by atoms with Crippen molar-refractivity contribution in [2.24, 2.45) is 0 Å². The van der Waals surface area contributed by atoms with Crippen LogP contribution in [0.25, 0.3) is 22.4 Å². The van der Waals surface area contributed by atoms with Crippen LogP contribution in [0.3, 0.4) is 0 Å². The molecular formula is C21H26N2O5. The molecular weight excluding hydrogens is 360 g/mol. The number of nitrogens with zero attached hydrogens (tertiary/aromatic N) is 2. The first-order valence-corrected chi connectivity index (χ1v) is 9.55. The van der Waals surface area contributed by atoms with Gasteiger partial charge in [-0.1, -0.05) is 0 Å². The van der Waals surface area contributed by atoms with Gasteiger partial charge in [0.05, 0.1) is 29.5 Å². The summed E-state index contributed by atoms with van der Waals surface area (Å²) in [6, 6.07) is 7.80. The minimum atomic E-state index is -0.749. The highest BCUT2D eigenvalue weighted by Gasteiger charge is 2.14. The Bertz CT molecular complexity index is 886. The van der Waals surface area contributed by atoms with Gasteiger partial charge in [0.2, 0.25) is 0 Å². The fourth-order valence-corrected chi connectivity index (χ4v) is 3.14. The van der Waals surface area contributed by atoms with Crippen molar-refractivity contribution in [2.75, 3.05) is 20.3 Å². The molecule has 0 atom stereocenters. The van der Waals surface area contributed by atoms with Crippen molar-refractivity contribution in [1.29, 1.82) is 0 Å². The number of carboxylic acids is 1. The van der Waals surface area contributed by atoms with Gasteiger partial charge in [-0.3, -0.25) is 4.79 Å². The van der Waals surface area contributed by atoms with E-state index in [9.17, 15) is 4.79 Å². The normalized spacial score (nSPS) is 11.2. The lowest BCUT2D eigenvalue weighted by Crippen LogP contribution is -2.04. The number of ether oxygens (including phenoxy) is 2. The zero-order valence-electron chi connectivity index (χ0n) is 16.1. The van der Waals surface area contributed by atoms with E-state index in [1.807, 2.05) is 24.3 Å². The van der Waals surface area contributed by atoms with Crippen LogP contribution in [0.1, 0.15) is 32.1 Å². The van der Waals surface area contributed by atoms with Crippen LogP contribution in [0.2, 0.25) is 0 Å².